The first-order chi connectivity index (χ1) is 7.27. The van der Waals surface area contributed by atoms with Crippen molar-refractivity contribution in [3.63, 3.8) is 0 Å². The molecule has 0 heterocycles. The molecule has 1 aliphatic rings. The van der Waals surface area contributed by atoms with Gasteiger partial charge >= 0.3 is 0 Å². The quantitative estimate of drug-likeness (QED) is 0.709. The average Bonchev–Trinajstić information content (AvgIpc) is 2.29. The van der Waals surface area contributed by atoms with E-state index in [1.165, 1.54) is 45.2 Å². The lowest BCUT2D eigenvalue weighted by molar-refractivity contribution is 0.233. The Morgan fingerprint density at radius 3 is 2.53 bits per heavy atom. The molecular weight excluding hydrogens is 184 g/mol. The summed E-state index contributed by atoms with van der Waals surface area (Å²) in [5.41, 5.74) is 5.82. The molecule has 0 aliphatic heterocycles. The monoisotopic (exact) mass is 212 g/mol. The summed E-state index contributed by atoms with van der Waals surface area (Å²) in [5.74, 6) is 2.43. The van der Waals surface area contributed by atoms with Crippen LogP contribution in [0, 0.1) is 17.8 Å². The van der Waals surface area contributed by atoms with Gasteiger partial charge in [-0.2, -0.15) is 0 Å². The highest BCUT2D eigenvalue weighted by Gasteiger charge is 2.23. The first-order valence-corrected chi connectivity index (χ1v) is 6.68. The third-order valence-corrected chi connectivity index (χ3v) is 3.97. The van der Waals surface area contributed by atoms with Gasteiger partial charge in [-0.3, -0.25) is 0 Å². The molecule has 0 saturated heterocycles. The van der Waals surface area contributed by atoms with E-state index in [0.29, 0.717) is 0 Å². The van der Waals surface area contributed by atoms with Crippen molar-refractivity contribution >= 4 is 0 Å². The third kappa shape index (κ3) is 4.52. The molecule has 0 spiro atoms. The molecule has 0 aromatic carbocycles. The fourth-order valence-electron chi connectivity index (χ4n) is 2.52. The van der Waals surface area contributed by atoms with Gasteiger partial charge in [-0.15, -0.1) is 0 Å². The maximum absolute atomic E-state index is 5.82. The molecule has 15 heavy (non-hydrogen) atoms. The normalized spacial score (nSPS) is 29.0. The summed E-state index contributed by atoms with van der Waals surface area (Å²) >= 11 is 0. The van der Waals surface area contributed by atoms with Crippen molar-refractivity contribution in [1.29, 1.82) is 0 Å². The van der Waals surface area contributed by atoms with E-state index in [1.807, 2.05) is 0 Å². The molecule has 0 bridgehead atoms. The van der Waals surface area contributed by atoms with Crippen LogP contribution in [-0.2, 0) is 0 Å². The summed E-state index contributed by atoms with van der Waals surface area (Å²) in [4.78, 5) is 0. The van der Waals surface area contributed by atoms with Gasteiger partial charge in [-0.1, -0.05) is 33.1 Å². The molecule has 0 aromatic rings. The molecule has 90 valence electrons. The second-order valence-electron chi connectivity index (χ2n) is 5.21. The highest BCUT2D eigenvalue weighted by molar-refractivity contribution is 4.77. The largest absolute Gasteiger partial charge is 0.330 e. The first-order valence-electron chi connectivity index (χ1n) is 6.68. The minimum atomic E-state index is 0.781. The molecule has 0 amide bonds. The lowest BCUT2D eigenvalue weighted by atomic mass is 9.79. The van der Waals surface area contributed by atoms with Crippen molar-refractivity contribution in [3.8, 4) is 0 Å². The Labute approximate surface area is 95.0 Å². The van der Waals surface area contributed by atoms with E-state index in [-0.39, 0.29) is 0 Å². The summed E-state index contributed by atoms with van der Waals surface area (Å²) in [7, 11) is 0. The molecule has 2 heteroatoms. The fourth-order valence-corrected chi connectivity index (χ4v) is 2.52. The zero-order valence-corrected chi connectivity index (χ0v) is 10.5. The Hall–Kier alpha value is -0.0800. The van der Waals surface area contributed by atoms with Crippen LogP contribution < -0.4 is 11.1 Å². The standard InChI is InChI=1S/C13H28N2/c1-3-11(2)9-15-10-13-7-5-4-6-12(13)8-14/h11-13,15H,3-10,14H2,1-2H3. The number of rotatable bonds is 6. The molecule has 1 aliphatic carbocycles. The van der Waals surface area contributed by atoms with Crippen LogP contribution in [0.5, 0.6) is 0 Å². The van der Waals surface area contributed by atoms with Gasteiger partial charge in [0.15, 0.2) is 0 Å². The molecule has 3 unspecified atom stereocenters. The van der Waals surface area contributed by atoms with Crippen LogP contribution >= 0.6 is 0 Å². The molecule has 3 N–H and O–H groups in total. The van der Waals surface area contributed by atoms with Gasteiger partial charge in [0, 0.05) is 0 Å². The maximum Gasteiger partial charge on any atom is -0.00173 e. The summed E-state index contributed by atoms with van der Waals surface area (Å²) in [5, 5.41) is 3.61. The molecule has 1 fully saturated rings. The topological polar surface area (TPSA) is 38.0 Å². The zero-order chi connectivity index (χ0) is 11.1. The van der Waals surface area contributed by atoms with Crippen LogP contribution in [0.2, 0.25) is 0 Å². The van der Waals surface area contributed by atoms with Gasteiger partial charge in [0.05, 0.1) is 0 Å². The molecular formula is C13H28N2. The predicted octanol–water partition coefficient (Wildman–Crippen LogP) is 2.39. The van der Waals surface area contributed by atoms with E-state index in [2.05, 4.69) is 19.2 Å². The Balaban J connectivity index is 2.17. The summed E-state index contributed by atoms with van der Waals surface area (Å²) in [6, 6.07) is 0. The third-order valence-electron chi connectivity index (χ3n) is 3.97. The molecule has 0 aromatic heterocycles. The van der Waals surface area contributed by atoms with Crippen LogP contribution in [-0.4, -0.2) is 19.6 Å². The van der Waals surface area contributed by atoms with E-state index in [9.17, 15) is 0 Å². The first kappa shape index (κ1) is 13.0. The van der Waals surface area contributed by atoms with Crippen molar-refractivity contribution in [2.45, 2.75) is 46.0 Å². The number of nitrogens with two attached hydrogens (primary N) is 1. The Bertz CT molecular complexity index is 159. The second-order valence-corrected chi connectivity index (χ2v) is 5.21. The van der Waals surface area contributed by atoms with Crippen molar-refractivity contribution < 1.29 is 0 Å². The van der Waals surface area contributed by atoms with Crippen molar-refractivity contribution in [3.05, 3.63) is 0 Å². The highest BCUT2D eigenvalue weighted by Crippen LogP contribution is 2.28. The summed E-state index contributed by atoms with van der Waals surface area (Å²) < 4.78 is 0. The smallest absolute Gasteiger partial charge is 0.00173 e. The van der Waals surface area contributed by atoms with Gasteiger partial charge in [0.2, 0.25) is 0 Å². The van der Waals surface area contributed by atoms with Crippen LogP contribution in [0.4, 0.5) is 0 Å². The number of hydrogen-bond acceptors (Lipinski definition) is 2. The van der Waals surface area contributed by atoms with E-state index >= 15 is 0 Å². The molecule has 1 saturated carbocycles. The molecule has 2 nitrogen and oxygen atoms in total. The highest BCUT2D eigenvalue weighted by atomic mass is 14.9. The van der Waals surface area contributed by atoms with E-state index in [4.69, 9.17) is 5.73 Å². The lowest BCUT2D eigenvalue weighted by Gasteiger charge is -2.31. The number of hydrogen-bond donors (Lipinski definition) is 2. The fraction of sp³-hybridized carbons (Fsp3) is 1.00. The Morgan fingerprint density at radius 2 is 1.93 bits per heavy atom. The van der Waals surface area contributed by atoms with Gasteiger partial charge in [-0.25, -0.2) is 0 Å². The zero-order valence-electron chi connectivity index (χ0n) is 10.5. The average molecular weight is 212 g/mol. The van der Waals surface area contributed by atoms with Crippen molar-refractivity contribution in [1.82, 2.24) is 5.32 Å². The summed E-state index contributed by atoms with van der Waals surface area (Å²) in [6.07, 6.45) is 6.81. The van der Waals surface area contributed by atoms with E-state index in [1.54, 1.807) is 0 Å². The summed E-state index contributed by atoms with van der Waals surface area (Å²) in [6.45, 7) is 7.82. The van der Waals surface area contributed by atoms with Crippen LogP contribution in [0.3, 0.4) is 0 Å². The van der Waals surface area contributed by atoms with Gasteiger partial charge < -0.3 is 11.1 Å². The predicted molar refractivity (Wildman–Crippen MR) is 66.8 cm³/mol. The van der Waals surface area contributed by atoms with Crippen molar-refractivity contribution in [2.24, 2.45) is 23.5 Å². The SMILES string of the molecule is CCC(C)CNCC1CCCCC1CN. The minimum Gasteiger partial charge on any atom is -0.330 e. The van der Waals surface area contributed by atoms with E-state index in [0.717, 1.165) is 24.3 Å². The van der Waals surface area contributed by atoms with E-state index < -0.39 is 0 Å². The van der Waals surface area contributed by atoms with Crippen LogP contribution in [0.1, 0.15) is 46.0 Å². The molecule has 1 rings (SSSR count). The Morgan fingerprint density at radius 1 is 1.27 bits per heavy atom. The Kier molecular flexibility index (Phi) is 6.26. The van der Waals surface area contributed by atoms with Crippen LogP contribution in [0.15, 0.2) is 0 Å². The molecule has 3 atom stereocenters. The molecule has 0 radical (unpaired) electrons. The van der Waals surface area contributed by atoms with Gasteiger partial charge in [0.1, 0.15) is 0 Å². The van der Waals surface area contributed by atoms with Gasteiger partial charge in [0.25, 0.3) is 0 Å². The van der Waals surface area contributed by atoms with Gasteiger partial charge in [-0.05, 0) is 50.2 Å². The minimum absolute atomic E-state index is 0.781. The van der Waals surface area contributed by atoms with Crippen molar-refractivity contribution in [2.75, 3.05) is 19.6 Å². The number of nitrogens with one attached hydrogen (secondary N) is 1. The maximum atomic E-state index is 5.82. The lowest BCUT2D eigenvalue weighted by Crippen LogP contribution is -2.35. The van der Waals surface area contributed by atoms with Crippen LogP contribution in [0.25, 0.3) is 0 Å². The second kappa shape index (κ2) is 7.24.